The molecule has 1 unspecified atom stereocenters. The molecule has 0 aromatic heterocycles. The van der Waals surface area contributed by atoms with Gasteiger partial charge in [-0.05, 0) is 18.9 Å². The summed E-state index contributed by atoms with van der Waals surface area (Å²) in [5.41, 5.74) is -0.223. The van der Waals surface area contributed by atoms with Crippen LogP contribution in [0.4, 0.5) is 0 Å². The van der Waals surface area contributed by atoms with Gasteiger partial charge in [-0.2, -0.15) is 0 Å². The predicted molar refractivity (Wildman–Crippen MR) is 69.2 cm³/mol. The highest BCUT2D eigenvalue weighted by atomic mass is 32.2. The van der Waals surface area contributed by atoms with Gasteiger partial charge in [-0.25, -0.2) is 0 Å². The van der Waals surface area contributed by atoms with Gasteiger partial charge >= 0.3 is 0 Å². The van der Waals surface area contributed by atoms with Crippen molar-refractivity contribution in [3.63, 3.8) is 0 Å². The van der Waals surface area contributed by atoms with E-state index in [1.807, 2.05) is 4.90 Å². The molecule has 2 aliphatic heterocycles. The summed E-state index contributed by atoms with van der Waals surface area (Å²) in [6, 6.07) is 0. The Morgan fingerprint density at radius 3 is 2.47 bits per heavy atom. The van der Waals surface area contributed by atoms with Crippen molar-refractivity contribution in [1.29, 1.82) is 0 Å². The molecule has 1 atom stereocenters. The van der Waals surface area contributed by atoms with Gasteiger partial charge in [-0.3, -0.25) is 9.00 Å². The van der Waals surface area contributed by atoms with E-state index in [0.717, 1.165) is 19.5 Å². The number of amides is 1. The first-order valence-electron chi connectivity index (χ1n) is 6.41. The van der Waals surface area contributed by atoms with E-state index in [4.69, 9.17) is 0 Å². The Morgan fingerprint density at radius 2 is 2.00 bits per heavy atom. The zero-order valence-electron chi connectivity index (χ0n) is 10.7. The molecule has 2 fully saturated rings. The van der Waals surface area contributed by atoms with Gasteiger partial charge in [0, 0.05) is 41.9 Å². The fourth-order valence-electron chi connectivity index (χ4n) is 2.79. The minimum atomic E-state index is -0.713. The van der Waals surface area contributed by atoms with Crippen LogP contribution in [-0.4, -0.2) is 52.7 Å². The summed E-state index contributed by atoms with van der Waals surface area (Å²) in [5.74, 6) is 1.92. The van der Waals surface area contributed by atoms with E-state index in [-0.39, 0.29) is 11.3 Å². The first-order chi connectivity index (χ1) is 8.06. The Labute approximate surface area is 106 Å². The van der Waals surface area contributed by atoms with Gasteiger partial charge in [0.25, 0.3) is 0 Å². The van der Waals surface area contributed by atoms with E-state index >= 15 is 0 Å². The highest BCUT2D eigenvalue weighted by Gasteiger charge is 2.46. The number of carbonyl (C=O) groups excluding carboxylic acids is 1. The van der Waals surface area contributed by atoms with Crippen LogP contribution in [0.2, 0.25) is 0 Å². The van der Waals surface area contributed by atoms with E-state index in [1.54, 1.807) is 0 Å². The second-order valence-electron chi connectivity index (χ2n) is 5.38. The summed E-state index contributed by atoms with van der Waals surface area (Å²) < 4.78 is 11.3. The number of carbonyl (C=O) groups is 1. The zero-order chi connectivity index (χ0) is 12.5. The molecule has 1 N–H and O–H groups in total. The van der Waals surface area contributed by atoms with Crippen LogP contribution in [0.25, 0.3) is 0 Å². The quantitative estimate of drug-likeness (QED) is 0.770. The van der Waals surface area contributed by atoms with Crippen LogP contribution >= 0.6 is 0 Å². The maximum absolute atomic E-state index is 12.7. The molecule has 4 nitrogen and oxygen atoms in total. The first kappa shape index (κ1) is 13.0. The third-order valence-corrected chi connectivity index (χ3v) is 5.46. The van der Waals surface area contributed by atoms with Crippen molar-refractivity contribution < 1.29 is 9.00 Å². The number of hydrogen-bond acceptors (Lipinski definition) is 3. The Hall–Kier alpha value is -0.420. The number of nitrogens with zero attached hydrogens (tertiary/aromatic N) is 1. The van der Waals surface area contributed by atoms with Crippen LogP contribution in [0.3, 0.4) is 0 Å². The molecule has 98 valence electrons. The van der Waals surface area contributed by atoms with Crippen molar-refractivity contribution in [2.45, 2.75) is 20.3 Å². The molecule has 2 heterocycles. The summed E-state index contributed by atoms with van der Waals surface area (Å²) in [6.07, 6.45) is 0.934. The van der Waals surface area contributed by atoms with Gasteiger partial charge in [0.1, 0.15) is 0 Å². The molecule has 5 heteroatoms. The van der Waals surface area contributed by atoms with Crippen LogP contribution < -0.4 is 5.32 Å². The SMILES string of the molecule is CC(C)C1(C(=O)N2CCS(=O)CC2)CCNC1. The molecule has 0 aromatic rings. The summed E-state index contributed by atoms with van der Waals surface area (Å²) in [4.78, 5) is 14.6. The molecule has 0 bridgehead atoms. The van der Waals surface area contributed by atoms with Gasteiger partial charge < -0.3 is 10.2 Å². The fraction of sp³-hybridized carbons (Fsp3) is 0.917. The topological polar surface area (TPSA) is 49.4 Å². The van der Waals surface area contributed by atoms with Crippen LogP contribution in [0, 0.1) is 11.3 Å². The largest absolute Gasteiger partial charge is 0.340 e. The van der Waals surface area contributed by atoms with E-state index in [1.165, 1.54) is 0 Å². The van der Waals surface area contributed by atoms with Gasteiger partial charge in [0.15, 0.2) is 0 Å². The van der Waals surface area contributed by atoms with Crippen LogP contribution in [0.5, 0.6) is 0 Å². The second kappa shape index (κ2) is 5.06. The molecule has 2 saturated heterocycles. The summed E-state index contributed by atoms with van der Waals surface area (Å²) in [6.45, 7) is 7.33. The molecule has 0 aromatic carbocycles. The second-order valence-corrected chi connectivity index (χ2v) is 7.07. The summed E-state index contributed by atoms with van der Waals surface area (Å²) in [5, 5.41) is 3.32. The van der Waals surface area contributed by atoms with E-state index < -0.39 is 10.8 Å². The standard InChI is InChI=1S/C12H22N2O2S/c1-10(2)12(3-4-13-9-12)11(15)14-5-7-17(16)8-6-14/h10,13H,3-9H2,1-2H3. The summed E-state index contributed by atoms with van der Waals surface area (Å²) >= 11 is 0. The van der Waals surface area contributed by atoms with E-state index in [2.05, 4.69) is 19.2 Å². The van der Waals surface area contributed by atoms with Crippen molar-refractivity contribution in [2.75, 3.05) is 37.7 Å². The van der Waals surface area contributed by atoms with Gasteiger partial charge in [-0.15, -0.1) is 0 Å². The highest BCUT2D eigenvalue weighted by Crippen LogP contribution is 2.36. The lowest BCUT2D eigenvalue weighted by atomic mass is 9.75. The normalized spacial score (nSPS) is 31.1. The molecule has 2 rings (SSSR count). The van der Waals surface area contributed by atoms with E-state index in [9.17, 15) is 9.00 Å². The number of rotatable bonds is 2. The average Bonchev–Trinajstić information content (AvgIpc) is 2.79. The maximum Gasteiger partial charge on any atom is 0.230 e. The smallest absolute Gasteiger partial charge is 0.230 e. The summed E-state index contributed by atoms with van der Waals surface area (Å²) in [7, 11) is -0.713. The lowest BCUT2D eigenvalue weighted by Crippen LogP contribution is -2.52. The number of hydrogen-bond donors (Lipinski definition) is 1. The first-order valence-corrected chi connectivity index (χ1v) is 7.90. The molecular weight excluding hydrogens is 236 g/mol. The van der Waals surface area contributed by atoms with Crippen molar-refractivity contribution in [1.82, 2.24) is 10.2 Å². The molecule has 0 radical (unpaired) electrons. The minimum absolute atomic E-state index is 0.223. The minimum Gasteiger partial charge on any atom is -0.340 e. The Balaban J connectivity index is 2.09. The average molecular weight is 258 g/mol. The zero-order valence-corrected chi connectivity index (χ0v) is 11.5. The molecule has 0 aliphatic carbocycles. The molecular formula is C12H22N2O2S. The third-order valence-electron chi connectivity index (χ3n) is 4.18. The highest BCUT2D eigenvalue weighted by molar-refractivity contribution is 7.85. The lowest BCUT2D eigenvalue weighted by molar-refractivity contribution is -0.143. The van der Waals surface area contributed by atoms with Crippen LogP contribution in [0.1, 0.15) is 20.3 Å². The molecule has 1 amide bonds. The van der Waals surface area contributed by atoms with Gasteiger partial charge in [0.05, 0.1) is 5.41 Å². The molecule has 0 spiro atoms. The monoisotopic (exact) mass is 258 g/mol. The van der Waals surface area contributed by atoms with Crippen molar-refractivity contribution in [2.24, 2.45) is 11.3 Å². The van der Waals surface area contributed by atoms with Crippen LogP contribution in [0.15, 0.2) is 0 Å². The van der Waals surface area contributed by atoms with Gasteiger partial charge in [-0.1, -0.05) is 13.8 Å². The molecule has 2 aliphatic rings. The lowest BCUT2D eigenvalue weighted by Gasteiger charge is -2.38. The van der Waals surface area contributed by atoms with Crippen molar-refractivity contribution in [3.05, 3.63) is 0 Å². The van der Waals surface area contributed by atoms with Crippen molar-refractivity contribution in [3.8, 4) is 0 Å². The van der Waals surface area contributed by atoms with Crippen LogP contribution in [-0.2, 0) is 15.6 Å². The Kier molecular flexibility index (Phi) is 3.88. The third kappa shape index (κ3) is 2.40. The molecule has 17 heavy (non-hydrogen) atoms. The number of nitrogens with one attached hydrogen (secondary N) is 1. The molecule has 0 saturated carbocycles. The maximum atomic E-state index is 12.7. The fourth-order valence-corrected chi connectivity index (χ4v) is 3.84. The van der Waals surface area contributed by atoms with Gasteiger partial charge in [0.2, 0.25) is 5.91 Å². The Morgan fingerprint density at radius 1 is 1.35 bits per heavy atom. The Bertz CT molecular complexity index is 314. The predicted octanol–water partition coefficient (Wildman–Crippen LogP) is 0.213. The van der Waals surface area contributed by atoms with Crippen molar-refractivity contribution >= 4 is 16.7 Å². The van der Waals surface area contributed by atoms with E-state index in [0.29, 0.717) is 30.5 Å².